The van der Waals surface area contributed by atoms with Crippen LogP contribution >= 0.6 is 0 Å². The highest BCUT2D eigenvalue weighted by Crippen LogP contribution is 2.14. The minimum Gasteiger partial charge on any atom is -0.462 e. The van der Waals surface area contributed by atoms with E-state index in [-0.39, 0.29) is 31.1 Å². The van der Waals surface area contributed by atoms with E-state index in [1.807, 2.05) is 0 Å². The molecule has 0 aromatic carbocycles. The topological polar surface area (TPSA) is 78.9 Å². The minimum absolute atomic E-state index is 0.0863. The molecular weight excluding hydrogens is 793 g/mol. The fourth-order valence-corrected chi connectivity index (χ4v) is 6.89. The van der Waals surface area contributed by atoms with Crippen molar-refractivity contribution in [1.29, 1.82) is 0 Å². The first-order chi connectivity index (χ1) is 31.5. The van der Waals surface area contributed by atoms with E-state index in [0.717, 1.165) is 135 Å². The Kier molecular flexibility index (Phi) is 49.0. The van der Waals surface area contributed by atoms with E-state index >= 15 is 0 Å². The SMILES string of the molecule is CC/C=C\C/C=C\C/C=C\C/C=C\C/C=C\C/C=C\CCCCCCCCCCC(=O)OCC(COC(=O)CCCCCCCC)OC(=O)CCCCCCC/C=C\C/C=C\CCC. The number of carbonyl (C=O) groups is 3. The lowest BCUT2D eigenvalue weighted by Crippen LogP contribution is -2.30. The molecule has 0 aliphatic heterocycles. The van der Waals surface area contributed by atoms with Crippen LogP contribution < -0.4 is 0 Å². The maximum atomic E-state index is 12.7. The van der Waals surface area contributed by atoms with Crippen LogP contribution in [-0.2, 0) is 28.6 Å². The standard InChI is InChI=1S/C58H96O6/c1-4-7-10-13-16-18-20-22-23-24-25-26-27-28-29-30-31-32-33-34-35-37-38-40-42-45-48-51-57(60)63-54-55(53-62-56(59)50-47-44-15-12-9-6-3)64-58(61)52-49-46-43-41-39-36-21-19-17-14-11-8-5-2/h7,10-11,14,16,18-19,21-23,25-26,28-29,31-32,55H,4-6,8-9,12-13,15,17,20,24,27,30,33-54H2,1-3H3/b10-7-,14-11-,18-16-,21-19-,23-22-,26-25-,29-28-,32-31-. The van der Waals surface area contributed by atoms with Crippen LogP contribution in [0.25, 0.3) is 0 Å². The van der Waals surface area contributed by atoms with Gasteiger partial charge in [0, 0.05) is 19.3 Å². The lowest BCUT2D eigenvalue weighted by Gasteiger charge is -2.18. The van der Waals surface area contributed by atoms with Gasteiger partial charge in [0.1, 0.15) is 13.2 Å². The molecule has 0 aromatic rings. The largest absolute Gasteiger partial charge is 0.462 e. The average Bonchev–Trinajstić information content (AvgIpc) is 3.29. The van der Waals surface area contributed by atoms with Crippen LogP contribution in [0.1, 0.15) is 233 Å². The summed E-state index contributed by atoms with van der Waals surface area (Å²) in [5.41, 5.74) is 0. The van der Waals surface area contributed by atoms with Crippen LogP contribution in [0, 0.1) is 0 Å². The Morgan fingerprint density at radius 2 is 0.641 bits per heavy atom. The monoisotopic (exact) mass is 889 g/mol. The van der Waals surface area contributed by atoms with Gasteiger partial charge in [-0.3, -0.25) is 14.4 Å². The van der Waals surface area contributed by atoms with Crippen molar-refractivity contribution in [2.45, 2.75) is 239 Å². The number of hydrogen-bond donors (Lipinski definition) is 0. The van der Waals surface area contributed by atoms with Crippen molar-refractivity contribution in [1.82, 2.24) is 0 Å². The molecule has 0 saturated carbocycles. The van der Waals surface area contributed by atoms with E-state index in [0.29, 0.717) is 19.3 Å². The van der Waals surface area contributed by atoms with Crippen molar-refractivity contribution < 1.29 is 28.6 Å². The predicted molar refractivity (Wildman–Crippen MR) is 274 cm³/mol. The van der Waals surface area contributed by atoms with Crippen molar-refractivity contribution in [3.63, 3.8) is 0 Å². The number of rotatable bonds is 46. The van der Waals surface area contributed by atoms with Gasteiger partial charge in [0.25, 0.3) is 0 Å². The number of esters is 3. The molecule has 364 valence electrons. The molecule has 1 atom stereocenters. The van der Waals surface area contributed by atoms with Gasteiger partial charge < -0.3 is 14.2 Å². The highest BCUT2D eigenvalue weighted by atomic mass is 16.6. The second-order valence-corrected chi connectivity index (χ2v) is 17.1. The van der Waals surface area contributed by atoms with Gasteiger partial charge >= 0.3 is 17.9 Å². The average molecular weight is 889 g/mol. The smallest absolute Gasteiger partial charge is 0.306 e. The van der Waals surface area contributed by atoms with Gasteiger partial charge in [0.05, 0.1) is 0 Å². The fourth-order valence-electron chi connectivity index (χ4n) is 6.89. The van der Waals surface area contributed by atoms with Gasteiger partial charge in [-0.05, 0) is 96.3 Å². The molecule has 0 aromatic heterocycles. The molecule has 1 unspecified atom stereocenters. The van der Waals surface area contributed by atoms with Gasteiger partial charge in [-0.15, -0.1) is 0 Å². The molecule has 0 N–H and O–H groups in total. The van der Waals surface area contributed by atoms with Crippen LogP contribution in [-0.4, -0.2) is 37.2 Å². The van der Waals surface area contributed by atoms with E-state index < -0.39 is 6.10 Å². The van der Waals surface area contributed by atoms with Gasteiger partial charge in [-0.2, -0.15) is 0 Å². The molecule has 6 nitrogen and oxygen atoms in total. The zero-order valence-electron chi connectivity index (χ0n) is 41.5. The zero-order chi connectivity index (χ0) is 46.5. The molecule has 0 amide bonds. The summed E-state index contributed by atoms with van der Waals surface area (Å²) >= 11 is 0. The first-order valence-electron chi connectivity index (χ1n) is 26.2. The number of carbonyl (C=O) groups excluding carboxylic acids is 3. The van der Waals surface area contributed by atoms with E-state index in [1.165, 1.54) is 57.8 Å². The van der Waals surface area contributed by atoms with Crippen LogP contribution in [0.15, 0.2) is 97.2 Å². The molecule has 0 spiro atoms. The van der Waals surface area contributed by atoms with Gasteiger partial charge in [0.2, 0.25) is 0 Å². The molecule has 0 saturated heterocycles. The third kappa shape index (κ3) is 49.3. The summed E-state index contributed by atoms with van der Waals surface area (Å²) in [6.45, 7) is 6.37. The number of ether oxygens (including phenoxy) is 3. The molecule has 0 heterocycles. The zero-order valence-corrected chi connectivity index (χ0v) is 41.5. The predicted octanol–water partition coefficient (Wildman–Crippen LogP) is 17.4. The third-order valence-corrected chi connectivity index (χ3v) is 10.8. The van der Waals surface area contributed by atoms with E-state index in [4.69, 9.17) is 14.2 Å². The first kappa shape index (κ1) is 60.3. The van der Waals surface area contributed by atoms with E-state index in [1.54, 1.807) is 0 Å². The van der Waals surface area contributed by atoms with E-state index in [2.05, 4.69) is 118 Å². The fraction of sp³-hybridized carbons (Fsp3) is 0.672. The Morgan fingerprint density at radius 1 is 0.328 bits per heavy atom. The quantitative estimate of drug-likeness (QED) is 0.0262. The highest BCUT2D eigenvalue weighted by molar-refractivity contribution is 5.71. The molecule has 0 fully saturated rings. The third-order valence-electron chi connectivity index (χ3n) is 10.8. The van der Waals surface area contributed by atoms with Crippen LogP contribution in [0.2, 0.25) is 0 Å². The van der Waals surface area contributed by atoms with Crippen molar-refractivity contribution in [2.24, 2.45) is 0 Å². The number of hydrogen-bond acceptors (Lipinski definition) is 6. The van der Waals surface area contributed by atoms with Crippen molar-refractivity contribution in [3.8, 4) is 0 Å². The maximum Gasteiger partial charge on any atom is 0.306 e. The van der Waals surface area contributed by atoms with Crippen LogP contribution in [0.4, 0.5) is 0 Å². The normalized spacial score (nSPS) is 12.9. The van der Waals surface area contributed by atoms with Crippen molar-refractivity contribution >= 4 is 17.9 Å². The second kappa shape index (κ2) is 52.0. The first-order valence-corrected chi connectivity index (χ1v) is 26.2. The molecule has 0 aliphatic rings. The summed E-state index contributed by atoms with van der Waals surface area (Å²) in [6, 6.07) is 0. The summed E-state index contributed by atoms with van der Waals surface area (Å²) < 4.78 is 16.7. The molecular formula is C58H96O6. The minimum atomic E-state index is -0.784. The number of unbranched alkanes of at least 4 members (excludes halogenated alkanes) is 19. The van der Waals surface area contributed by atoms with Crippen molar-refractivity contribution in [3.05, 3.63) is 97.2 Å². The Bertz CT molecular complexity index is 1300. The molecule has 0 radical (unpaired) electrons. The summed E-state index contributed by atoms with van der Waals surface area (Å²) in [4.78, 5) is 37.7. The van der Waals surface area contributed by atoms with Gasteiger partial charge in [-0.25, -0.2) is 0 Å². The Labute approximate surface area is 394 Å². The molecule has 64 heavy (non-hydrogen) atoms. The second-order valence-electron chi connectivity index (χ2n) is 17.1. The molecule has 6 heteroatoms. The summed E-state index contributed by atoms with van der Waals surface area (Å²) in [7, 11) is 0. The lowest BCUT2D eigenvalue weighted by molar-refractivity contribution is -0.167. The van der Waals surface area contributed by atoms with E-state index in [9.17, 15) is 14.4 Å². The summed E-state index contributed by atoms with van der Waals surface area (Å²) in [5, 5.41) is 0. The number of allylic oxidation sites excluding steroid dienone is 16. The Balaban J connectivity index is 4.17. The van der Waals surface area contributed by atoms with Crippen LogP contribution in [0.5, 0.6) is 0 Å². The Morgan fingerprint density at radius 3 is 1.02 bits per heavy atom. The summed E-state index contributed by atoms with van der Waals surface area (Å²) in [5.74, 6) is -0.923. The molecule has 0 rings (SSSR count). The van der Waals surface area contributed by atoms with Crippen molar-refractivity contribution in [2.75, 3.05) is 13.2 Å². The summed E-state index contributed by atoms with van der Waals surface area (Å²) in [6.07, 6.45) is 68.5. The molecule has 0 aliphatic carbocycles. The van der Waals surface area contributed by atoms with Gasteiger partial charge in [-0.1, -0.05) is 214 Å². The Hall–Kier alpha value is -3.67. The highest BCUT2D eigenvalue weighted by Gasteiger charge is 2.19. The van der Waals surface area contributed by atoms with Crippen LogP contribution in [0.3, 0.4) is 0 Å². The van der Waals surface area contributed by atoms with Gasteiger partial charge in [0.15, 0.2) is 6.10 Å². The molecule has 0 bridgehead atoms. The maximum absolute atomic E-state index is 12.7. The lowest BCUT2D eigenvalue weighted by atomic mass is 10.1.